The Morgan fingerprint density at radius 1 is 1.33 bits per heavy atom. The van der Waals surface area contributed by atoms with E-state index in [0.29, 0.717) is 30.2 Å². The van der Waals surface area contributed by atoms with Gasteiger partial charge in [0.1, 0.15) is 30.6 Å². The number of nitrogens with one attached hydrogen (secondary N) is 1. The number of hydrogen-bond donors (Lipinski definition) is 1. The van der Waals surface area contributed by atoms with Crippen molar-refractivity contribution in [2.45, 2.75) is 32.0 Å². The van der Waals surface area contributed by atoms with Gasteiger partial charge in [-0.05, 0) is 37.6 Å². The highest BCUT2D eigenvalue weighted by Gasteiger charge is 2.18. The average Bonchev–Trinajstić information content (AvgIpc) is 3.21. The fourth-order valence-corrected chi connectivity index (χ4v) is 3.95. The molecule has 176 valence electrons. The molecule has 33 heavy (non-hydrogen) atoms. The highest BCUT2D eigenvalue weighted by Crippen LogP contribution is 2.15. The van der Waals surface area contributed by atoms with E-state index >= 15 is 0 Å². The molecule has 1 aliphatic heterocycles. The topological polar surface area (TPSA) is 104 Å². The molecule has 1 aliphatic rings. The first-order chi connectivity index (χ1) is 16.0. The zero-order chi connectivity index (χ0) is 23.2. The zero-order valence-corrected chi connectivity index (χ0v) is 19.1. The molecule has 0 aliphatic carbocycles. The number of hydrogen-bond acceptors (Lipinski definition) is 7. The molecule has 0 spiro atoms. The van der Waals surface area contributed by atoms with E-state index in [1.54, 1.807) is 7.05 Å². The molecule has 0 atom stereocenters. The lowest BCUT2D eigenvalue weighted by atomic mass is 10.1. The number of likely N-dealkylation sites (N-methyl/N-ethyl adjacent to an activating group) is 1. The van der Waals surface area contributed by atoms with Crippen molar-refractivity contribution in [1.82, 2.24) is 29.5 Å². The Hall–Kier alpha value is -3.24. The Balaban J connectivity index is 1.25. The van der Waals surface area contributed by atoms with E-state index in [9.17, 15) is 9.59 Å². The van der Waals surface area contributed by atoms with Gasteiger partial charge >= 0.3 is 0 Å². The van der Waals surface area contributed by atoms with Gasteiger partial charge in [0, 0.05) is 39.4 Å². The predicted molar refractivity (Wildman–Crippen MR) is 123 cm³/mol. The molecular weight excluding hydrogens is 424 g/mol. The van der Waals surface area contributed by atoms with Crippen molar-refractivity contribution in [3.05, 3.63) is 52.7 Å². The third-order valence-electron chi connectivity index (χ3n) is 5.95. The Bertz CT molecular complexity index is 1150. The summed E-state index contributed by atoms with van der Waals surface area (Å²) in [6.45, 7) is 3.33. The van der Waals surface area contributed by atoms with E-state index in [0.717, 1.165) is 43.9 Å². The number of rotatable bonds is 9. The molecule has 1 aromatic carbocycles. The van der Waals surface area contributed by atoms with Crippen LogP contribution in [0.15, 0.2) is 41.6 Å². The molecule has 2 aromatic heterocycles. The van der Waals surface area contributed by atoms with Gasteiger partial charge in [0.15, 0.2) is 5.65 Å². The minimum Gasteiger partial charge on any atom is -0.492 e. The molecule has 3 heterocycles. The summed E-state index contributed by atoms with van der Waals surface area (Å²) in [7, 11) is 3.84. The third-order valence-corrected chi connectivity index (χ3v) is 5.95. The Kier molecular flexibility index (Phi) is 7.36. The number of benzene rings is 1. The summed E-state index contributed by atoms with van der Waals surface area (Å²) in [6.07, 6.45) is 4.96. The Morgan fingerprint density at radius 2 is 2.15 bits per heavy atom. The third kappa shape index (κ3) is 5.77. The smallest absolute Gasteiger partial charge is 0.264 e. The minimum atomic E-state index is -0.288. The molecule has 4 rings (SSSR count). The fraction of sp³-hybridized carbons (Fsp3) is 0.478. The fourth-order valence-electron chi connectivity index (χ4n) is 3.95. The second-order valence-corrected chi connectivity index (χ2v) is 8.28. The summed E-state index contributed by atoms with van der Waals surface area (Å²) in [6, 6.07) is 8.21. The maximum absolute atomic E-state index is 12.5. The molecule has 10 nitrogen and oxygen atoms in total. The molecule has 0 bridgehead atoms. The highest BCUT2D eigenvalue weighted by molar-refractivity contribution is 5.77. The summed E-state index contributed by atoms with van der Waals surface area (Å²) in [5.41, 5.74) is 1.13. The number of aryl methyl sites for hydroxylation is 1. The predicted octanol–water partition coefficient (Wildman–Crippen LogP) is 0.936. The summed E-state index contributed by atoms with van der Waals surface area (Å²) in [5.74, 6) is 0.496. The van der Waals surface area contributed by atoms with E-state index in [4.69, 9.17) is 9.47 Å². The lowest BCUT2D eigenvalue weighted by Gasteiger charge is -2.31. The molecule has 0 unspecified atom stereocenters. The van der Waals surface area contributed by atoms with Crippen LogP contribution in [0.1, 0.15) is 18.4 Å². The second-order valence-electron chi connectivity index (χ2n) is 8.28. The number of nitrogens with zero attached hydrogens (tertiary/aromatic N) is 5. The van der Waals surface area contributed by atoms with Crippen molar-refractivity contribution in [1.29, 1.82) is 0 Å². The lowest BCUT2D eigenvalue weighted by molar-refractivity contribution is -0.121. The van der Waals surface area contributed by atoms with Crippen LogP contribution in [-0.4, -0.2) is 69.6 Å². The van der Waals surface area contributed by atoms with Crippen LogP contribution < -0.4 is 15.6 Å². The number of carbonyl (C=O) groups excluding carboxylic acids is 1. The van der Waals surface area contributed by atoms with Gasteiger partial charge in [0.05, 0.1) is 6.20 Å². The van der Waals surface area contributed by atoms with Crippen molar-refractivity contribution in [3.63, 3.8) is 0 Å². The minimum absolute atomic E-state index is 0.106. The molecule has 1 amide bonds. The Morgan fingerprint density at radius 3 is 2.97 bits per heavy atom. The molecule has 10 heteroatoms. The van der Waals surface area contributed by atoms with Gasteiger partial charge in [-0.3, -0.25) is 23.7 Å². The molecule has 3 aromatic rings. The number of ether oxygens (including phenoxy) is 2. The first-order valence-electron chi connectivity index (χ1n) is 11.1. The number of amides is 1. The van der Waals surface area contributed by atoms with Crippen molar-refractivity contribution in [2.75, 3.05) is 33.4 Å². The number of aromatic nitrogens is 4. The molecule has 0 saturated carbocycles. The zero-order valence-electron chi connectivity index (χ0n) is 19.1. The second kappa shape index (κ2) is 10.6. The maximum atomic E-state index is 12.5. The van der Waals surface area contributed by atoms with Crippen LogP contribution in [0.3, 0.4) is 0 Å². The van der Waals surface area contributed by atoms with Crippen molar-refractivity contribution >= 4 is 16.9 Å². The van der Waals surface area contributed by atoms with Crippen LogP contribution in [0.2, 0.25) is 0 Å². The van der Waals surface area contributed by atoms with Gasteiger partial charge < -0.3 is 14.8 Å². The number of fused-ring (bicyclic) bond motifs is 1. The van der Waals surface area contributed by atoms with Gasteiger partial charge in [-0.25, -0.2) is 4.98 Å². The van der Waals surface area contributed by atoms with Crippen molar-refractivity contribution < 1.29 is 14.3 Å². The summed E-state index contributed by atoms with van der Waals surface area (Å²) < 4.78 is 14.2. The quantitative estimate of drug-likeness (QED) is 0.513. The molecular formula is C23H30N6O4. The first kappa shape index (κ1) is 22.9. The van der Waals surface area contributed by atoms with Crippen LogP contribution in [0, 0.1) is 0 Å². The average molecular weight is 455 g/mol. The molecule has 1 saturated heterocycles. The monoisotopic (exact) mass is 454 g/mol. The molecule has 1 fully saturated rings. The van der Waals surface area contributed by atoms with Crippen LogP contribution in [0.5, 0.6) is 5.75 Å². The molecule has 0 radical (unpaired) electrons. The van der Waals surface area contributed by atoms with Gasteiger partial charge in [-0.15, -0.1) is 0 Å². The SMILES string of the molecule is CN(CCOc1cccc(CNC(=O)Cn2cnc3c(cnn3C)c2=O)c1)C1CCOCC1. The molecule has 1 N–H and O–H groups in total. The van der Waals surface area contributed by atoms with E-state index in [-0.39, 0.29) is 18.0 Å². The van der Waals surface area contributed by atoms with Gasteiger partial charge in [-0.1, -0.05) is 12.1 Å². The van der Waals surface area contributed by atoms with Gasteiger partial charge in [-0.2, -0.15) is 5.10 Å². The van der Waals surface area contributed by atoms with Crippen molar-refractivity contribution in [3.8, 4) is 5.75 Å². The summed E-state index contributed by atoms with van der Waals surface area (Å²) in [5, 5.41) is 7.27. The van der Waals surface area contributed by atoms with Crippen molar-refractivity contribution in [2.24, 2.45) is 7.05 Å². The normalized spacial score (nSPS) is 14.6. The number of carbonyl (C=O) groups is 1. The van der Waals surface area contributed by atoms with E-state index < -0.39 is 0 Å². The van der Waals surface area contributed by atoms with Crippen LogP contribution in [0.4, 0.5) is 0 Å². The van der Waals surface area contributed by atoms with E-state index in [1.165, 1.54) is 21.8 Å². The van der Waals surface area contributed by atoms with E-state index in [1.807, 2.05) is 24.3 Å². The maximum Gasteiger partial charge on any atom is 0.264 e. The summed E-state index contributed by atoms with van der Waals surface area (Å²) in [4.78, 5) is 31.4. The largest absolute Gasteiger partial charge is 0.492 e. The first-order valence-corrected chi connectivity index (χ1v) is 11.1. The Labute approximate surface area is 192 Å². The van der Waals surface area contributed by atoms with Crippen LogP contribution in [0.25, 0.3) is 11.0 Å². The van der Waals surface area contributed by atoms with Crippen LogP contribution >= 0.6 is 0 Å². The van der Waals surface area contributed by atoms with E-state index in [2.05, 4.69) is 27.3 Å². The van der Waals surface area contributed by atoms with Gasteiger partial charge in [0.2, 0.25) is 5.91 Å². The summed E-state index contributed by atoms with van der Waals surface area (Å²) >= 11 is 0. The highest BCUT2D eigenvalue weighted by atomic mass is 16.5. The lowest BCUT2D eigenvalue weighted by Crippen LogP contribution is -2.38. The standard InChI is InChI=1S/C23H30N6O4/c1-27(18-6-9-32-10-7-18)8-11-33-19-5-3-4-17(12-19)13-24-21(30)15-29-16-25-22-20(23(29)31)14-26-28(22)2/h3-5,12,14,16,18H,6-11,13,15H2,1-2H3,(H,24,30). The van der Waals surface area contributed by atoms with Crippen LogP contribution in [-0.2, 0) is 29.7 Å². The van der Waals surface area contributed by atoms with Gasteiger partial charge in [0.25, 0.3) is 5.56 Å².